The Balaban J connectivity index is 1.68. The second-order valence-corrected chi connectivity index (χ2v) is 8.41. The Morgan fingerprint density at radius 2 is 2.08 bits per heavy atom. The van der Waals surface area contributed by atoms with Crippen LogP contribution in [-0.2, 0) is 10.5 Å². The highest BCUT2D eigenvalue weighted by Gasteiger charge is 2.02. The number of hydrogen-bond donors (Lipinski definition) is 1. The third kappa shape index (κ3) is 7.50. The highest BCUT2D eigenvalue weighted by atomic mass is 79.9. The number of aromatic nitrogens is 1. The van der Waals surface area contributed by atoms with Gasteiger partial charge in [-0.2, -0.15) is 0 Å². The smallest absolute Gasteiger partial charge is 0.228 e. The number of nitrogens with one attached hydrogen (secondary N) is 1. The molecule has 6 heteroatoms. The molecule has 0 saturated heterocycles. The molecule has 1 aromatic heterocycles. The van der Waals surface area contributed by atoms with E-state index in [-0.39, 0.29) is 5.91 Å². The highest BCUT2D eigenvalue weighted by Crippen LogP contribution is 2.30. The van der Waals surface area contributed by atoms with Crippen molar-refractivity contribution in [1.82, 2.24) is 4.98 Å². The maximum atomic E-state index is 11.9. The minimum Gasteiger partial charge on any atom is -0.326 e. The average Bonchev–Trinajstić information content (AvgIpc) is 2.61. The van der Waals surface area contributed by atoms with Gasteiger partial charge in [0.15, 0.2) is 0 Å². The van der Waals surface area contributed by atoms with Crippen LogP contribution >= 0.6 is 39.5 Å². The summed E-state index contributed by atoms with van der Waals surface area (Å²) in [5.41, 5.74) is 3.12. The van der Waals surface area contributed by atoms with Crippen molar-refractivity contribution in [1.29, 1.82) is 0 Å². The van der Waals surface area contributed by atoms with Crippen molar-refractivity contribution in [3.8, 4) is 0 Å². The number of pyridine rings is 1. The number of hydrogen-bond acceptors (Lipinski definition) is 4. The Kier molecular flexibility index (Phi) is 8.31. The average molecular weight is 435 g/mol. The summed E-state index contributed by atoms with van der Waals surface area (Å²) in [5.74, 6) is 0.833. The molecule has 0 saturated carbocycles. The van der Waals surface area contributed by atoms with Crippen molar-refractivity contribution in [2.24, 2.45) is 0 Å². The Labute approximate surface area is 165 Å². The van der Waals surface area contributed by atoms with Gasteiger partial charge in [0.05, 0.1) is 0 Å². The lowest BCUT2D eigenvalue weighted by Gasteiger charge is -2.06. The van der Waals surface area contributed by atoms with E-state index in [2.05, 4.69) is 32.8 Å². The molecule has 25 heavy (non-hydrogen) atoms. The van der Waals surface area contributed by atoms with E-state index in [0.29, 0.717) is 6.42 Å². The normalized spacial score (nSPS) is 10.8. The van der Waals surface area contributed by atoms with Gasteiger partial charge >= 0.3 is 0 Å². The number of halogens is 1. The molecule has 1 heterocycles. The zero-order chi connectivity index (χ0) is 18.1. The van der Waals surface area contributed by atoms with Crippen molar-refractivity contribution in [2.75, 3.05) is 5.32 Å². The largest absolute Gasteiger partial charge is 0.326 e. The summed E-state index contributed by atoms with van der Waals surface area (Å²) in [6.45, 7) is 6.02. The highest BCUT2D eigenvalue weighted by molar-refractivity contribution is 9.10. The minimum absolute atomic E-state index is 0.0337. The molecule has 2 rings (SSSR count). The van der Waals surface area contributed by atoms with Crippen molar-refractivity contribution in [3.63, 3.8) is 0 Å². The van der Waals surface area contributed by atoms with Crippen molar-refractivity contribution in [3.05, 3.63) is 80.6 Å². The molecule has 0 fully saturated rings. The number of carbonyl (C=O) groups is 1. The van der Waals surface area contributed by atoms with E-state index in [1.165, 1.54) is 17.3 Å². The molecule has 1 aromatic carbocycles. The fourth-order valence-electron chi connectivity index (χ4n) is 1.89. The van der Waals surface area contributed by atoms with Crippen LogP contribution in [0.25, 0.3) is 0 Å². The molecule has 1 amide bonds. The zero-order valence-corrected chi connectivity index (χ0v) is 17.1. The summed E-state index contributed by atoms with van der Waals surface area (Å²) >= 11 is 6.66. The van der Waals surface area contributed by atoms with Crippen LogP contribution in [0.3, 0.4) is 0 Å². The summed E-state index contributed by atoms with van der Waals surface area (Å²) in [6, 6.07) is 9.74. The number of aryl methyl sites for hydroxylation is 1. The molecular weight excluding hydrogens is 416 g/mol. The molecule has 0 aliphatic carbocycles. The lowest BCUT2D eigenvalue weighted by molar-refractivity contribution is -0.115. The van der Waals surface area contributed by atoms with Crippen LogP contribution in [0.5, 0.6) is 0 Å². The topological polar surface area (TPSA) is 42.0 Å². The van der Waals surface area contributed by atoms with Crippen molar-refractivity contribution < 1.29 is 4.79 Å². The molecule has 0 bridgehead atoms. The van der Waals surface area contributed by atoms with Gasteiger partial charge in [-0.15, -0.1) is 11.8 Å². The standard InChI is InChI=1S/C19H19BrN2OS2/c1-14-12-17(5-6-18(14)20)22-19(23)4-3-11-24-15(2)25-13-16-7-9-21-10-8-16/h3,5-12H,2,4,13H2,1H3,(H,22,23)/b11-3-. The quantitative estimate of drug-likeness (QED) is 0.542. The zero-order valence-electron chi connectivity index (χ0n) is 13.9. The first-order chi connectivity index (χ1) is 12.0. The first-order valence-corrected chi connectivity index (χ1v) is 10.3. The van der Waals surface area contributed by atoms with Gasteiger partial charge in [-0.05, 0) is 53.8 Å². The van der Waals surface area contributed by atoms with Crippen LogP contribution in [0, 0.1) is 6.92 Å². The van der Waals surface area contributed by atoms with E-state index in [0.717, 1.165) is 25.7 Å². The summed E-state index contributed by atoms with van der Waals surface area (Å²) in [7, 11) is 0. The summed E-state index contributed by atoms with van der Waals surface area (Å²) in [4.78, 5) is 15.9. The summed E-state index contributed by atoms with van der Waals surface area (Å²) in [5, 5.41) is 4.80. The third-order valence-electron chi connectivity index (χ3n) is 3.19. The minimum atomic E-state index is -0.0337. The number of nitrogens with zero attached hydrogens (tertiary/aromatic N) is 1. The number of benzene rings is 1. The maximum Gasteiger partial charge on any atom is 0.228 e. The van der Waals surface area contributed by atoms with Crippen LogP contribution < -0.4 is 5.32 Å². The van der Waals surface area contributed by atoms with Crippen LogP contribution in [0.4, 0.5) is 5.69 Å². The van der Waals surface area contributed by atoms with Gasteiger partial charge in [0.25, 0.3) is 0 Å². The van der Waals surface area contributed by atoms with Crippen molar-refractivity contribution >= 4 is 51.0 Å². The van der Waals surface area contributed by atoms with Gasteiger partial charge in [0.2, 0.25) is 5.91 Å². The van der Waals surface area contributed by atoms with Gasteiger partial charge in [-0.1, -0.05) is 40.3 Å². The fraction of sp³-hybridized carbons (Fsp3) is 0.158. The number of thioether (sulfide) groups is 2. The van der Waals surface area contributed by atoms with Crippen molar-refractivity contribution in [2.45, 2.75) is 19.1 Å². The Bertz CT molecular complexity index is 763. The second-order valence-electron chi connectivity index (χ2n) is 5.22. The molecule has 0 aliphatic rings. The lowest BCUT2D eigenvalue weighted by Crippen LogP contribution is -2.09. The molecule has 130 valence electrons. The van der Waals surface area contributed by atoms with E-state index in [1.54, 1.807) is 24.2 Å². The molecule has 0 unspecified atom stereocenters. The Morgan fingerprint density at radius 1 is 1.32 bits per heavy atom. The number of carbonyl (C=O) groups excluding carboxylic acids is 1. The third-order valence-corrected chi connectivity index (χ3v) is 6.11. The van der Waals surface area contributed by atoms with Gasteiger partial charge in [0.1, 0.15) is 0 Å². The number of amides is 1. The van der Waals surface area contributed by atoms with E-state index >= 15 is 0 Å². The monoisotopic (exact) mass is 434 g/mol. The predicted molar refractivity (Wildman–Crippen MR) is 114 cm³/mol. The van der Waals surface area contributed by atoms with Crippen LogP contribution in [0.15, 0.2) is 69.5 Å². The van der Waals surface area contributed by atoms with E-state index in [1.807, 2.05) is 48.7 Å². The molecule has 2 aromatic rings. The first-order valence-electron chi connectivity index (χ1n) is 7.63. The molecule has 3 nitrogen and oxygen atoms in total. The first kappa shape index (κ1) is 19.8. The Morgan fingerprint density at radius 3 is 2.80 bits per heavy atom. The molecule has 0 aliphatic heterocycles. The van der Waals surface area contributed by atoms with Crippen LogP contribution in [0.1, 0.15) is 17.5 Å². The van der Waals surface area contributed by atoms with Gasteiger partial charge < -0.3 is 5.32 Å². The molecule has 0 radical (unpaired) electrons. The summed E-state index contributed by atoms with van der Waals surface area (Å²) < 4.78 is 2.03. The molecule has 1 N–H and O–H groups in total. The number of anilines is 1. The molecule has 0 atom stereocenters. The van der Waals surface area contributed by atoms with Gasteiger partial charge in [-0.25, -0.2) is 0 Å². The molecular formula is C19H19BrN2OS2. The van der Waals surface area contributed by atoms with E-state index in [4.69, 9.17) is 0 Å². The predicted octanol–water partition coefficient (Wildman–Crippen LogP) is 6.13. The second kappa shape index (κ2) is 10.5. The van der Waals surface area contributed by atoms with Crippen LogP contribution in [-0.4, -0.2) is 10.9 Å². The lowest BCUT2D eigenvalue weighted by atomic mass is 10.2. The van der Waals surface area contributed by atoms with Crippen LogP contribution in [0.2, 0.25) is 0 Å². The van der Waals surface area contributed by atoms with Gasteiger partial charge in [-0.3, -0.25) is 9.78 Å². The summed E-state index contributed by atoms with van der Waals surface area (Å²) in [6.07, 6.45) is 5.77. The maximum absolute atomic E-state index is 11.9. The van der Waals surface area contributed by atoms with E-state index in [9.17, 15) is 4.79 Å². The SMILES string of the molecule is C=C(S/C=C\CC(=O)Nc1ccc(Br)c(C)c1)SCc1ccncc1. The Hall–Kier alpha value is -1.50. The van der Waals surface area contributed by atoms with Gasteiger partial charge in [0, 0.05) is 39.0 Å². The molecule has 0 spiro atoms. The fourth-order valence-corrected chi connectivity index (χ4v) is 3.62. The number of rotatable bonds is 8. The van der Waals surface area contributed by atoms with E-state index < -0.39 is 0 Å².